The molecule has 1 amide bonds. The Kier molecular flexibility index (Phi) is 7.36. The molecule has 2 aromatic rings. The van der Waals surface area contributed by atoms with E-state index in [1.807, 2.05) is 44.2 Å². The van der Waals surface area contributed by atoms with Gasteiger partial charge in [-0.2, -0.15) is 0 Å². The van der Waals surface area contributed by atoms with Crippen LogP contribution in [0.5, 0.6) is 5.75 Å². The van der Waals surface area contributed by atoms with Crippen LogP contribution in [0.2, 0.25) is 0 Å². The van der Waals surface area contributed by atoms with Crippen molar-refractivity contribution in [1.82, 2.24) is 4.90 Å². The number of methoxy groups -OCH3 is 1. The van der Waals surface area contributed by atoms with Crippen molar-refractivity contribution >= 4 is 17.4 Å². The van der Waals surface area contributed by atoms with E-state index in [2.05, 4.69) is 13.8 Å². The van der Waals surface area contributed by atoms with Crippen molar-refractivity contribution in [3.8, 4) is 5.75 Å². The van der Waals surface area contributed by atoms with E-state index >= 15 is 0 Å². The van der Waals surface area contributed by atoms with E-state index in [1.54, 1.807) is 19.2 Å². The Morgan fingerprint density at radius 2 is 1.78 bits per heavy atom. The standard InChI is InChI=1S/C26H31NO5/c1-16(2)15-32-20-10-11-21(18(4)14-20)24(28)22-23(19-8-6-17(3)7-9-19)27(12-13-31-5)26(30)25(22)29/h6-11,14,16,23,28H,12-13,15H2,1-5H3/t23-/m0/s1. The van der Waals surface area contributed by atoms with Crippen LogP contribution in [-0.4, -0.2) is 48.6 Å². The predicted octanol–water partition coefficient (Wildman–Crippen LogP) is 4.41. The summed E-state index contributed by atoms with van der Waals surface area (Å²) >= 11 is 0. The van der Waals surface area contributed by atoms with Gasteiger partial charge in [0.1, 0.15) is 11.5 Å². The second-order valence-electron chi connectivity index (χ2n) is 8.58. The fourth-order valence-electron chi connectivity index (χ4n) is 3.80. The van der Waals surface area contributed by atoms with E-state index in [0.717, 1.165) is 16.7 Å². The Morgan fingerprint density at radius 1 is 1.09 bits per heavy atom. The van der Waals surface area contributed by atoms with Gasteiger partial charge in [0.05, 0.1) is 24.8 Å². The molecule has 170 valence electrons. The van der Waals surface area contributed by atoms with Gasteiger partial charge in [-0.05, 0) is 49.1 Å². The number of hydrogen-bond donors (Lipinski definition) is 1. The van der Waals surface area contributed by atoms with Crippen LogP contribution in [0.4, 0.5) is 0 Å². The summed E-state index contributed by atoms with van der Waals surface area (Å²) in [7, 11) is 1.55. The molecule has 0 unspecified atom stereocenters. The molecular formula is C26H31NO5. The number of benzene rings is 2. The molecule has 1 saturated heterocycles. The lowest BCUT2D eigenvalue weighted by Crippen LogP contribution is -2.32. The molecule has 1 N–H and O–H groups in total. The van der Waals surface area contributed by atoms with Crippen molar-refractivity contribution in [2.45, 2.75) is 33.7 Å². The minimum atomic E-state index is -0.691. The lowest BCUT2D eigenvalue weighted by molar-refractivity contribution is -0.140. The average molecular weight is 438 g/mol. The number of ether oxygens (including phenoxy) is 2. The molecule has 6 heteroatoms. The molecule has 1 atom stereocenters. The van der Waals surface area contributed by atoms with Gasteiger partial charge in [-0.15, -0.1) is 0 Å². The van der Waals surface area contributed by atoms with Crippen molar-refractivity contribution in [2.24, 2.45) is 5.92 Å². The summed E-state index contributed by atoms with van der Waals surface area (Å²) in [6.45, 7) is 9.08. The molecule has 0 aromatic heterocycles. The quantitative estimate of drug-likeness (QED) is 0.376. The van der Waals surface area contributed by atoms with Gasteiger partial charge in [-0.3, -0.25) is 9.59 Å². The van der Waals surface area contributed by atoms with Crippen LogP contribution in [0, 0.1) is 19.8 Å². The predicted molar refractivity (Wildman–Crippen MR) is 124 cm³/mol. The lowest BCUT2D eigenvalue weighted by Gasteiger charge is -2.25. The Morgan fingerprint density at radius 3 is 2.38 bits per heavy atom. The SMILES string of the molecule is COCCN1C(=O)C(=O)C(=C(O)c2ccc(OCC(C)C)cc2C)[C@@H]1c1ccc(C)cc1. The van der Waals surface area contributed by atoms with Crippen LogP contribution in [0.3, 0.4) is 0 Å². The Hall–Kier alpha value is -3.12. The van der Waals surface area contributed by atoms with Gasteiger partial charge < -0.3 is 19.5 Å². The summed E-state index contributed by atoms with van der Waals surface area (Å²) in [5, 5.41) is 11.2. The first-order chi connectivity index (χ1) is 15.2. The molecule has 32 heavy (non-hydrogen) atoms. The minimum Gasteiger partial charge on any atom is -0.507 e. The number of amides is 1. The molecule has 3 rings (SSSR count). The molecule has 6 nitrogen and oxygen atoms in total. The highest BCUT2D eigenvalue weighted by Crippen LogP contribution is 2.40. The first kappa shape index (κ1) is 23.5. The Bertz CT molecular complexity index is 1020. The van der Waals surface area contributed by atoms with E-state index in [9.17, 15) is 14.7 Å². The number of rotatable bonds is 8. The maximum absolute atomic E-state index is 13.0. The van der Waals surface area contributed by atoms with E-state index in [4.69, 9.17) is 9.47 Å². The molecular weight excluding hydrogens is 406 g/mol. The molecule has 0 radical (unpaired) electrons. The zero-order valence-electron chi connectivity index (χ0n) is 19.3. The summed E-state index contributed by atoms with van der Waals surface area (Å²) in [6, 6.07) is 12.3. The summed E-state index contributed by atoms with van der Waals surface area (Å²) in [5.41, 5.74) is 3.18. The number of aryl methyl sites for hydroxylation is 2. The number of Topliss-reactive ketones (excluding diaryl/α,β-unsaturated/α-hetero) is 1. The fraction of sp³-hybridized carbons (Fsp3) is 0.385. The third kappa shape index (κ3) is 4.86. The van der Waals surface area contributed by atoms with E-state index in [-0.39, 0.29) is 24.5 Å². The average Bonchev–Trinajstić information content (AvgIpc) is 3.01. The molecule has 0 saturated carbocycles. The summed E-state index contributed by atoms with van der Waals surface area (Å²) in [6.07, 6.45) is 0. The molecule has 0 aliphatic carbocycles. The van der Waals surface area contributed by atoms with Gasteiger partial charge in [-0.1, -0.05) is 43.7 Å². The van der Waals surface area contributed by atoms with Gasteiger partial charge in [-0.25, -0.2) is 0 Å². The third-order valence-corrected chi connectivity index (χ3v) is 5.51. The van der Waals surface area contributed by atoms with Crippen LogP contribution >= 0.6 is 0 Å². The van der Waals surface area contributed by atoms with Crippen LogP contribution in [-0.2, 0) is 14.3 Å². The van der Waals surface area contributed by atoms with Gasteiger partial charge >= 0.3 is 0 Å². The van der Waals surface area contributed by atoms with E-state index in [0.29, 0.717) is 23.8 Å². The highest BCUT2D eigenvalue weighted by atomic mass is 16.5. The van der Waals surface area contributed by atoms with Gasteiger partial charge in [0.15, 0.2) is 0 Å². The Balaban J connectivity index is 2.07. The maximum Gasteiger partial charge on any atom is 0.295 e. The molecule has 2 aromatic carbocycles. The second-order valence-corrected chi connectivity index (χ2v) is 8.58. The summed E-state index contributed by atoms with van der Waals surface area (Å²) in [5.74, 6) is -0.418. The van der Waals surface area contributed by atoms with Gasteiger partial charge in [0.2, 0.25) is 0 Å². The molecule has 1 heterocycles. The molecule has 1 fully saturated rings. The zero-order chi connectivity index (χ0) is 23.4. The second kappa shape index (κ2) is 10.0. The van der Waals surface area contributed by atoms with Crippen molar-refractivity contribution in [3.05, 3.63) is 70.3 Å². The number of hydrogen-bond acceptors (Lipinski definition) is 5. The smallest absolute Gasteiger partial charge is 0.295 e. The van der Waals surface area contributed by atoms with Crippen molar-refractivity contribution in [1.29, 1.82) is 0 Å². The van der Waals surface area contributed by atoms with Crippen molar-refractivity contribution in [2.75, 3.05) is 26.9 Å². The van der Waals surface area contributed by atoms with Crippen molar-refractivity contribution in [3.63, 3.8) is 0 Å². The van der Waals surface area contributed by atoms with Crippen LogP contribution in [0.25, 0.3) is 5.76 Å². The highest BCUT2D eigenvalue weighted by molar-refractivity contribution is 6.46. The monoisotopic (exact) mass is 437 g/mol. The fourth-order valence-corrected chi connectivity index (χ4v) is 3.80. The van der Waals surface area contributed by atoms with Crippen LogP contribution < -0.4 is 4.74 Å². The first-order valence-corrected chi connectivity index (χ1v) is 10.8. The molecule has 1 aliphatic rings. The van der Waals surface area contributed by atoms with Crippen LogP contribution in [0.15, 0.2) is 48.0 Å². The lowest BCUT2D eigenvalue weighted by atomic mass is 9.93. The maximum atomic E-state index is 13.0. The zero-order valence-corrected chi connectivity index (χ0v) is 19.3. The third-order valence-electron chi connectivity index (χ3n) is 5.51. The molecule has 0 bridgehead atoms. The highest BCUT2D eigenvalue weighted by Gasteiger charge is 2.45. The number of ketones is 1. The topological polar surface area (TPSA) is 76.1 Å². The number of nitrogens with zero attached hydrogens (tertiary/aromatic N) is 1. The van der Waals surface area contributed by atoms with Crippen LogP contribution in [0.1, 0.15) is 42.1 Å². The summed E-state index contributed by atoms with van der Waals surface area (Å²) < 4.78 is 10.9. The minimum absolute atomic E-state index is 0.0916. The number of likely N-dealkylation sites (tertiary alicyclic amines) is 1. The molecule has 0 spiro atoms. The van der Waals surface area contributed by atoms with E-state index < -0.39 is 17.7 Å². The largest absolute Gasteiger partial charge is 0.507 e. The number of aliphatic hydroxyl groups is 1. The molecule has 1 aliphatic heterocycles. The first-order valence-electron chi connectivity index (χ1n) is 10.8. The number of aliphatic hydroxyl groups excluding tert-OH is 1. The van der Waals surface area contributed by atoms with E-state index in [1.165, 1.54) is 4.90 Å². The van der Waals surface area contributed by atoms with Gasteiger partial charge in [0.25, 0.3) is 11.7 Å². The summed E-state index contributed by atoms with van der Waals surface area (Å²) in [4.78, 5) is 27.3. The number of carbonyl (C=O) groups excluding carboxylic acids is 2. The van der Waals surface area contributed by atoms with Gasteiger partial charge in [0, 0.05) is 19.2 Å². The number of carbonyl (C=O) groups is 2. The Labute approximate surface area is 189 Å². The van der Waals surface area contributed by atoms with Crippen molar-refractivity contribution < 1.29 is 24.2 Å². The normalized spacial score (nSPS) is 17.9.